The molecule has 0 aromatic rings. The molecule has 8 nitrogen and oxygen atoms in total. The highest BCUT2D eigenvalue weighted by molar-refractivity contribution is 6.01. The van der Waals surface area contributed by atoms with Crippen LogP contribution < -0.4 is 0 Å². The van der Waals surface area contributed by atoms with E-state index in [-0.39, 0.29) is 12.8 Å². The number of hydrogen-bond acceptors (Lipinski definition) is 6. The molecule has 0 aromatic carbocycles. The normalized spacial score (nSPS) is 24.1. The molecular weight excluding hydrogens is 284 g/mol. The third-order valence-electron chi connectivity index (χ3n) is 3.58. The minimum absolute atomic E-state index is 0.130. The number of aliphatic carboxylic acids is 2. The molecule has 0 aliphatic carbocycles. The summed E-state index contributed by atoms with van der Waals surface area (Å²) in [6.45, 7) is 1.28. The summed E-state index contributed by atoms with van der Waals surface area (Å²) in [5.74, 6) is -3.08. The van der Waals surface area contributed by atoms with Crippen molar-refractivity contribution >= 4 is 11.9 Å². The van der Waals surface area contributed by atoms with Gasteiger partial charge in [0.2, 0.25) is 0 Å². The van der Waals surface area contributed by atoms with Crippen LogP contribution in [0.5, 0.6) is 0 Å². The van der Waals surface area contributed by atoms with E-state index >= 15 is 0 Å². The van der Waals surface area contributed by atoms with E-state index in [4.69, 9.17) is 18.9 Å². The Morgan fingerprint density at radius 3 is 2.24 bits per heavy atom. The number of carboxylic acids is 2. The van der Waals surface area contributed by atoms with Gasteiger partial charge in [-0.3, -0.25) is 0 Å². The van der Waals surface area contributed by atoms with Crippen LogP contribution in [0.4, 0.5) is 0 Å². The maximum Gasteiger partial charge on any atom is 0.347 e. The van der Waals surface area contributed by atoms with Crippen LogP contribution in [-0.4, -0.2) is 60.2 Å². The van der Waals surface area contributed by atoms with E-state index in [1.54, 1.807) is 0 Å². The van der Waals surface area contributed by atoms with Gasteiger partial charge >= 0.3 is 11.9 Å². The SMILES string of the molecule is O=C(O)C(CCC1OCCO1)(OC1CCCCO1)C(=O)O. The van der Waals surface area contributed by atoms with Crippen molar-refractivity contribution in [1.82, 2.24) is 0 Å². The molecule has 0 aromatic heterocycles. The summed E-state index contributed by atoms with van der Waals surface area (Å²) >= 11 is 0. The average molecular weight is 304 g/mol. The summed E-state index contributed by atoms with van der Waals surface area (Å²) in [6, 6.07) is 0. The molecule has 1 atom stereocenters. The van der Waals surface area contributed by atoms with Crippen LogP contribution >= 0.6 is 0 Å². The number of rotatable bonds is 7. The highest BCUT2D eigenvalue weighted by atomic mass is 16.7. The molecule has 2 fully saturated rings. The molecule has 2 aliphatic rings. The fourth-order valence-corrected chi connectivity index (χ4v) is 2.39. The van der Waals surface area contributed by atoms with E-state index in [0.29, 0.717) is 26.2 Å². The highest BCUT2D eigenvalue weighted by Gasteiger charge is 2.50. The molecule has 0 saturated carbocycles. The van der Waals surface area contributed by atoms with E-state index in [0.717, 1.165) is 12.8 Å². The van der Waals surface area contributed by atoms with Crippen LogP contribution in [0.15, 0.2) is 0 Å². The zero-order valence-corrected chi connectivity index (χ0v) is 11.7. The molecule has 1 unspecified atom stereocenters. The van der Waals surface area contributed by atoms with Gasteiger partial charge in [0, 0.05) is 19.4 Å². The van der Waals surface area contributed by atoms with Gasteiger partial charge in [0.05, 0.1) is 13.2 Å². The molecule has 0 bridgehead atoms. The van der Waals surface area contributed by atoms with E-state index in [2.05, 4.69) is 0 Å². The first-order valence-corrected chi connectivity index (χ1v) is 7.04. The lowest BCUT2D eigenvalue weighted by Gasteiger charge is -2.32. The third kappa shape index (κ3) is 3.91. The lowest BCUT2D eigenvalue weighted by molar-refractivity contribution is -0.239. The molecule has 2 heterocycles. The van der Waals surface area contributed by atoms with Crippen molar-refractivity contribution in [1.29, 1.82) is 0 Å². The van der Waals surface area contributed by atoms with Gasteiger partial charge in [0.1, 0.15) is 0 Å². The van der Waals surface area contributed by atoms with Gasteiger partial charge in [0.15, 0.2) is 12.6 Å². The number of hydrogen-bond donors (Lipinski definition) is 2. The monoisotopic (exact) mass is 304 g/mol. The summed E-state index contributed by atoms with van der Waals surface area (Å²) in [7, 11) is 0. The van der Waals surface area contributed by atoms with Crippen LogP contribution in [0, 0.1) is 0 Å². The fourth-order valence-electron chi connectivity index (χ4n) is 2.39. The number of carbonyl (C=O) groups is 2. The molecule has 8 heteroatoms. The Hall–Kier alpha value is -1.22. The Bertz CT molecular complexity index is 356. The zero-order valence-electron chi connectivity index (χ0n) is 11.7. The molecule has 2 aliphatic heterocycles. The van der Waals surface area contributed by atoms with Crippen molar-refractivity contribution in [3.05, 3.63) is 0 Å². The zero-order chi connectivity index (χ0) is 15.3. The Kier molecular flexibility index (Phi) is 5.51. The van der Waals surface area contributed by atoms with Gasteiger partial charge in [-0.05, 0) is 19.3 Å². The Morgan fingerprint density at radius 1 is 1.05 bits per heavy atom. The van der Waals surface area contributed by atoms with Crippen molar-refractivity contribution in [2.45, 2.75) is 50.3 Å². The summed E-state index contributed by atoms with van der Waals surface area (Å²) in [6.07, 6.45) is 0.646. The number of ether oxygens (including phenoxy) is 4. The van der Waals surface area contributed by atoms with Crippen molar-refractivity contribution in [2.75, 3.05) is 19.8 Å². The van der Waals surface area contributed by atoms with Crippen LogP contribution in [0.1, 0.15) is 32.1 Å². The van der Waals surface area contributed by atoms with Crippen LogP contribution in [0.25, 0.3) is 0 Å². The smallest absolute Gasteiger partial charge is 0.347 e. The quantitative estimate of drug-likeness (QED) is 0.657. The molecule has 2 saturated heterocycles. The maximum atomic E-state index is 11.5. The molecule has 0 radical (unpaired) electrons. The molecule has 120 valence electrons. The first-order chi connectivity index (χ1) is 10.0. The van der Waals surface area contributed by atoms with Crippen LogP contribution in [0.3, 0.4) is 0 Å². The van der Waals surface area contributed by atoms with Gasteiger partial charge in [0.25, 0.3) is 5.60 Å². The van der Waals surface area contributed by atoms with Crippen molar-refractivity contribution in [2.24, 2.45) is 0 Å². The standard InChI is InChI=1S/C13H20O8/c14-11(15)13(12(16)17,5-4-9-19-7-8-20-9)21-10-3-1-2-6-18-10/h9-10H,1-8H2,(H,14,15)(H,16,17). The predicted octanol–water partition coefficient (Wildman–Crippen LogP) is 0.591. The molecule has 0 amide bonds. The first-order valence-electron chi connectivity index (χ1n) is 7.04. The lowest BCUT2D eigenvalue weighted by Crippen LogP contribution is -2.52. The van der Waals surface area contributed by atoms with Gasteiger partial charge < -0.3 is 29.2 Å². The second-order valence-corrected chi connectivity index (χ2v) is 5.06. The topological polar surface area (TPSA) is 112 Å². The van der Waals surface area contributed by atoms with E-state index in [1.165, 1.54) is 0 Å². The molecule has 2 rings (SSSR count). The summed E-state index contributed by atoms with van der Waals surface area (Å²) in [5, 5.41) is 18.7. The Morgan fingerprint density at radius 2 is 1.71 bits per heavy atom. The van der Waals surface area contributed by atoms with E-state index in [1.807, 2.05) is 0 Å². The average Bonchev–Trinajstić information content (AvgIpc) is 2.97. The first kappa shape index (κ1) is 16.2. The summed E-state index contributed by atoms with van der Waals surface area (Å²) < 4.78 is 21.0. The van der Waals surface area contributed by atoms with Gasteiger partial charge in [-0.25, -0.2) is 9.59 Å². The largest absolute Gasteiger partial charge is 0.479 e. The second-order valence-electron chi connectivity index (χ2n) is 5.06. The van der Waals surface area contributed by atoms with Gasteiger partial charge in [-0.15, -0.1) is 0 Å². The second kappa shape index (κ2) is 7.17. The van der Waals surface area contributed by atoms with Crippen LogP contribution in [0.2, 0.25) is 0 Å². The van der Waals surface area contributed by atoms with Gasteiger partial charge in [-0.1, -0.05) is 0 Å². The van der Waals surface area contributed by atoms with Crippen molar-refractivity contribution < 1.29 is 38.7 Å². The van der Waals surface area contributed by atoms with Gasteiger partial charge in [-0.2, -0.15) is 0 Å². The lowest BCUT2D eigenvalue weighted by atomic mass is 9.97. The highest BCUT2D eigenvalue weighted by Crippen LogP contribution is 2.28. The van der Waals surface area contributed by atoms with E-state index < -0.39 is 30.1 Å². The molecule has 21 heavy (non-hydrogen) atoms. The van der Waals surface area contributed by atoms with Crippen molar-refractivity contribution in [3.63, 3.8) is 0 Å². The fraction of sp³-hybridized carbons (Fsp3) is 0.846. The molecule has 2 N–H and O–H groups in total. The summed E-state index contributed by atoms with van der Waals surface area (Å²) in [5.41, 5.74) is -2.34. The third-order valence-corrected chi connectivity index (χ3v) is 3.58. The van der Waals surface area contributed by atoms with Crippen molar-refractivity contribution in [3.8, 4) is 0 Å². The minimum atomic E-state index is -2.34. The summed E-state index contributed by atoms with van der Waals surface area (Å²) in [4.78, 5) is 23.0. The number of carboxylic acid groups (broad SMARTS) is 2. The maximum absolute atomic E-state index is 11.5. The molecule has 0 spiro atoms. The predicted molar refractivity (Wildman–Crippen MR) is 67.6 cm³/mol. The minimum Gasteiger partial charge on any atom is -0.479 e. The Balaban J connectivity index is 2.03. The Labute approximate surface area is 121 Å². The molecular formula is C13H20O8. The van der Waals surface area contributed by atoms with E-state index in [9.17, 15) is 19.8 Å². The van der Waals surface area contributed by atoms with Crippen LogP contribution in [-0.2, 0) is 28.5 Å².